The standard InChI is InChI=1S/C29H30FN7O4/c1-40-24-11-9-19(14-25(24)41-2)15-26(38)36-29(31)35-23(13-18-6-4-3-5-7-18)28(39)32-16-20-8-10-22(30)21(12-20)27-33-17-34-37-27/h3-12,14,23H,13,15-17H2,1-2H3,(H,32,39)(H3,31,35,36,38)/t23-/m1/s1. The number of methoxy groups -OCH3 is 2. The summed E-state index contributed by atoms with van der Waals surface area (Å²) in [6, 6.07) is 17.9. The predicted molar refractivity (Wildman–Crippen MR) is 151 cm³/mol. The number of carbonyl (C=O) groups excluding carboxylic acids is 2. The van der Waals surface area contributed by atoms with Gasteiger partial charge >= 0.3 is 0 Å². The Morgan fingerprint density at radius 1 is 1.00 bits per heavy atom. The number of halogens is 1. The molecule has 0 radical (unpaired) electrons. The molecule has 3 aromatic rings. The van der Waals surface area contributed by atoms with Gasteiger partial charge in [-0.15, -0.1) is 5.11 Å². The normalized spacial score (nSPS) is 13.3. The number of nitrogens with two attached hydrogens (primary N) is 1. The lowest BCUT2D eigenvalue weighted by molar-refractivity contribution is -0.122. The van der Waals surface area contributed by atoms with Crippen LogP contribution in [0.5, 0.6) is 11.5 Å². The van der Waals surface area contributed by atoms with Gasteiger partial charge in [0.15, 0.2) is 30.0 Å². The third-order valence-electron chi connectivity index (χ3n) is 6.14. The van der Waals surface area contributed by atoms with Crippen molar-refractivity contribution < 1.29 is 23.5 Å². The summed E-state index contributed by atoms with van der Waals surface area (Å²) >= 11 is 0. The second-order valence-corrected chi connectivity index (χ2v) is 9.03. The van der Waals surface area contributed by atoms with E-state index < -0.39 is 23.7 Å². The van der Waals surface area contributed by atoms with E-state index in [2.05, 4.69) is 30.8 Å². The number of aliphatic imine (C=N–C) groups is 2. The Balaban J connectivity index is 1.44. The van der Waals surface area contributed by atoms with Crippen LogP contribution < -0.4 is 25.8 Å². The van der Waals surface area contributed by atoms with Crippen LogP contribution in [0.1, 0.15) is 22.3 Å². The maximum absolute atomic E-state index is 14.3. The summed E-state index contributed by atoms with van der Waals surface area (Å²) in [6.07, 6.45) is 0.245. The highest BCUT2D eigenvalue weighted by atomic mass is 19.1. The van der Waals surface area contributed by atoms with Crippen LogP contribution in [0.25, 0.3) is 0 Å². The van der Waals surface area contributed by atoms with Crippen LogP contribution in [-0.4, -0.2) is 50.5 Å². The number of guanidine groups is 1. The number of nitrogens with zero attached hydrogens (tertiary/aromatic N) is 4. The summed E-state index contributed by atoms with van der Waals surface area (Å²) in [5.74, 6) is -0.269. The van der Waals surface area contributed by atoms with Gasteiger partial charge in [0.1, 0.15) is 11.9 Å². The van der Waals surface area contributed by atoms with Crippen LogP contribution in [0.15, 0.2) is 86.9 Å². The summed E-state index contributed by atoms with van der Waals surface area (Å²) in [5.41, 5.74) is 8.43. The lowest BCUT2D eigenvalue weighted by Gasteiger charge is -2.15. The SMILES string of the molecule is COc1ccc(CC(=O)NC(N)=N[C@H](Cc2ccccc2)C(=O)NCc2ccc(F)c(C3=NCN=N3)c2)cc1OC. The fourth-order valence-electron chi connectivity index (χ4n) is 4.13. The minimum atomic E-state index is -0.938. The van der Waals surface area contributed by atoms with Crippen LogP contribution in [0.3, 0.4) is 0 Å². The Kier molecular flexibility index (Phi) is 9.71. The van der Waals surface area contributed by atoms with E-state index in [1.54, 1.807) is 30.3 Å². The third kappa shape index (κ3) is 7.94. The first-order chi connectivity index (χ1) is 19.9. The van der Waals surface area contributed by atoms with Gasteiger partial charge < -0.3 is 20.5 Å². The molecule has 0 aliphatic carbocycles. The van der Waals surface area contributed by atoms with E-state index in [1.807, 2.05) is 30.3 Å². The molecule has 1 heterocycles. The van der Waals surface area contributed by atoms with Gasteiger partial charge in [-0.05, 0) is 41.0 Å². The fourth-order valence-corrected chi connectivity index (χ4v) is 4.13. The highest BCUT2D eigenvalue weighted by molar-refractivity contribution is 6.00. The van der Waals surface area contributed by atoms with E-state index in [1.165, 1.54) is 20.3 Å². The number of carbonyl (C=O) groups is 2. The van der Waals surface area contributed by atoms with E-state index in [4.69, 9.17) is 15.2 Å². The summed E-state index contributed by atoms with van der Waals surface area (Å²) in [5, 5.41) is 13.0. The molecule has 1 aliphatic heterocycles. The van der Waals surface area contributed by atoms with Gasteiger partial charge in [0.05, 0.1) is 26.2 Å². The average molecular weight is 560 g/mol. The van der Waals surface area contributed by atoms with Gasteiger partial charge in [0, 0.05) is 13.0 Å². The van der Waals surface area contributed by atoms with E-state index in [9.17, 15) is 14.0 Å². The van der Waals surface area contributed by atoms with E-state index in [-0.39, 0.29) is 43.4 Å². The Morgan fingerprint density at radius 2 is 1.76 bits per heavy atom. The monoisotopic (exact) mass is 559 g/mol. The number of ether oxygens (including phenoxy) is 2. The number of azo groups is 1. The fraction of sp³-hybridized carbons (Fsp3) is 0.241. The summed E-state index contributed by atoms with van der Waals surface area (Å²) in [6.45, 7) is 0.254. The molecule has 0 aromatic heterocycles. The molecule has 3 aromatic carbocycles. The third-order valence-corrected chi connectivity index (χ3v) is 6.14. The first kappa shape index (κ1) is 28.9. The quantitative estimate of drug-likeness (QED) is 0.244. The number of rotatable bonds is 11. The first-order valence-electron chi connectivity index (χ1n) is 12.7. The average Bonchev–Trinajstić information content (AvgIpc) is 3.51. The lowest BCUT2D eigenvalue weighted by atomic mass is 10.1. The molecule has 4 N–H and O–H groups in total. The molecule has 212 valence electrons. The number of hydrogen-bond acceptors (Lipinski definition) is 8. The maximum atomic E-state index is 14.3. The Morgan fingerprint density at radius 3 is 2.46 bits per heavy atom. The van der Waals surface area contributed by atoms with Crippen molar-refractivity contribution >= 4 is 23.6 Å². The highest BCUT2D eigenvalue weighted by Gasteiger charge is 2.20. The molecule has 4 rings (SSSR count). The highest BCUT2D eigenvalue weighted by Crippen LogP contribution is 2.27. The molecule has 0 spiro atoms. The summed E-state index contributed by atoms with van der Waals surface area (Å²) in [7, 11) is 3.04. The number of benzene rings is 3. The van der Waals surface area contributed by atoms with Gasteiger partial charge in [-0.25, -0.2) is 14.4 Å². The lowest BCUT2D eigenvalue weighted by Crippen LogP contribution is -2.42. The molecule has 1 aliphatic rings. The van der Waals surface area contributed by atoms with Crippen molar-refractivity contribution in [3.8, 4) is 11.5 Å². The predicted octanol–water partition coefficient (Wildman–Crippen LogP) is 2.91. The zero-order chi connectivity index (χ0) is 29.2. The number of amides is 2. The zero-order valence-electron chi connectivity index (χ0n) is 22.6. The number of amidine groups is 1. The summed E-state index contributed by atoms with van der Waals surface area (Å²) < 4.78 is 24.8. The molecule has 0 fully saturated rings. The topological polar surface area (TPSA) is 152 Å². The molecule has 11 nitrogen and oxygen atoms in total. The smallest absolute Gasteiger partial charge is 0.245 e. The van der Waals surface area contributed by atoms with Crippen molar-refractivity contribution in [2.24, 2.45) is 25.9 Å². The van der Waals surface area contributed by atoms with E-state index >= 15 is 0 Å². The van der Waals surface area contributed by atoms with E-state index in [0.717, 1.165) is 5.56 Å². The molecule has 0 saturated carbocycles. The van der Waals surface area contributed by atoms with Crippen LogP contribution in [0.4, 0.5) is 4.39 Å². The zero-order valence-corrected chi connectivity index (χ0v) is 22.6. The number of nitrogens with one attached hydrogen (secondary N) is 2. The molecule has 0 bridgehead atoms. The minimum absolute atomic E-state index is 0.00385. The molecule has 12 heteroatoms. The van der Waals surface area contributed by atoms with Crippen LogP contribution in [0, 0.1) is 5.82 Å². The minimum Gasteiger partial charge on any atom is -0.493 e. The van der Waals surface area contributed by atoms with Gasteiger partial charge in [0.25, 0.3) is 0 Å². The molecule has 0 unspecified atom stereocenters. The van der Waals surface area contributed by atoms with Crippen molar-refractivity contribution in [2.75, 3.05) is 20.9 Å². The summed E-state index contributed by atoms with van der Waals surface area (Å²) in [4.78, 5) is 34.3. The van der Waals surface area contributed by atoms with Gasteiger partial charge in [0.2, 0.25) is 11.8 Å². The molecule has 0 saturated heterocycles. The van der Waals surface area contributed by atoms with Crippen molar-refractivity contribution in [1.82, 2.24) is 10.6 Å². The molecular weight excluding hydrogens is 529 g/mol. The van der Waals surface area contributed by atoms with Crippen molar-refractivity contribution in [3.05, 3.63) is 94.8 Å². The van der Waals surface area contributed by atoms with E-state index in [0.29, 0.717) is 22.6 Å². The van der Waals surface area contributed by atoms with Crippen LogP contribution in [-0.2, 0) is 29.0 Å². The van der Waals surface area contributed by atoms with Gasteiger partial charge in [-0.2, -0.15) is 5.11 Å². The Bertz CT molecular complexity index is 1490. The molecule has 1 atom stereocenters. The number of hydrogen-bond donors (Lipinski definition) is 3. The molecular formula is C29H30FN7O4. The second-order valence-electron chi connectivity index (χ2n) is 9.03. The van der Waals surface area contributed by atoms with Gasteiger partial charge in [-0.3, -0.25) is 14.9 Å². The van der Waals surface area contributed by atoms with Crippen molar-refractivity contribution in [2.45, 2.75) is 25.4 Å². The van der Waals surface area contributed by atoms with Gasteiger partial charge in [-0.1, -0.05) is 42.5 Å². The Hall–Kier alpha value is -5.13. The second kappa shape index (κ2) is 13.8. The van der Waals surface area contributed by atoms with Crippen molar-refractivity contribution in [3.63, 3.8) is 0 Å². The van der Waals surface area contributed by atoms with Crippen molar-refractivity contribution in [1.29, 1.82) is 0 Å². The maximum Gasteiger partial charge on any atom is 0.245 e. The first-order valence-corrected chi connectivity index (χ1v) is 12.7. The van der Waals surface area contributed by atoms with Crippen LogP contribution in [0.2, 0.25) is 0 Å². The molecule has 41 heavy (non-hydrogen) atoms. The molecule has 2 amide bonds. The largest absolute Gasteiger partial charge is 0.493 e. The van der Waals surface area contributed by atoms with Crippen LogP contribution >= 0.6 is 0 Å². The Labute approximate surface area is 236 Å².